The molecule has 0 bridgehead atoms. The van der Waals surface area contributed by atoms with E-state index < -0.39 is 0 Å². The first-order valence-corrected chi connectivity index (χ1v) is 7.08. The topological polar surface area (TPSA) is 38.0 Å². The lowest BCUT2D eigenvalue weighted by molar-refractivity contribution is 0.205. The minimum atomic E-state index is 0.0882. The lowest BCUT2D eigenvalue weighted by Crippen LogP contribution is -2.50. The molecule has 3 N–H and O–H groups in total. The Morgan fingerprint density at radius 3 is 2.50 bits per heavy atom. The van der Waals surface area contributed by atoms with Crippen LogP contribution in [-0.4, -0.2) is 12.1 Å². The van der Waals surface area contributed by atoms with Crippen LogP contribution in [0.4, 0.5) is 5.69 Å². The van der Waals surface area contributed by atoms with Crippen LogP contribution in [0.25, 0.3) is 0 Å². The van der Waals surface area contributed by atoms with Gasteiger partial charge in [0.1, 0.15) is 0 Å². The summed E-state index contributed by atoms with van der Waals surface area (Å²) in [6.07, 6.45) is 3.70. The van der Waals surface area contributed by atoms with Crippen LogP contribution in [0, 0.1) is 18.8 Å². The van der Waals surface area contributed by atoms with Crippen LogP contribution in [-0.2, 0) is 0 Å². The van der Waals surface area contributed by atoms with Crippen LogP contribution >= 0.6 is 0 Å². The van der Waals surface area contributed by atoms with Gasteiger partial charge in [0.05, 0.1) is 5.54 Å². The van der Waals surface area contributed by atoms with Gasteiger partial charge >= 0.3 is 0 Å². The molecule has 18 heavy (non-hydrogen) atoms. The summed E-state index contributed by atoms with van der Waals surface area (Å²) in [5, 5.41) is 3.72. The van der Waals surface area contributed by atoms with Crippen molar-refractivity contribution in [2.45, 2.75) is 45.6 Å². The Hall–Kier alpha value is -1.02. The van der Waals surface area contributed by atoms with Crippen molar-refractivity contribution >= 4 is 5.69 Å². The van der Waals surface area contributed by atoms with E-state index in [1.165, 1.54) is 30.5 Å². The highest BCUT2D eigenvalue weighted by Gasteiger charge is 2.36. The Morgan fingerprint density at radius 1 is 1.28 bits per heavy atom. The second kappa shape index (κ2) is 5.31. The maximum atomic E-state index is 6.09. The third-order valence-corrected chi connectivity index (χ3v) is 4.10. The summed E-state index contributed by atoms with van der Waals surface area (Å²) < 4.78 is 0. The first-order valence-electron chi connectivity index (χ1n) is 7.08. The fourth-order valence-electron chi connectivity index (χ4n) is 3.62. The lowest BCUT2D eigenvalue weighted by Gasteiger charge is -2.43. The fourth-order valence-corrected chi connectivity index (χ4v) is 3.62. The van der Waals surface area contributed by atoms with Crippen molar-refractivity contribution in [2.75, 3.05) is 11.9 Å². The third kappa shape index (κ3) is 3.05. The van der Waals surface area contributed by atoms with Gasteiger partial charge in [0.15, 0.2) is 0 Å². The molecular weight excluding hydrogens is 220 g/mol. The summed E-state index contributed by atoms with van der Waals surface area (Å²) in [5.41, 5.74) is 8.68. The first kappa shape index (κ1) is 13.4. The van der Waals surface area contributed by atoms with Gasteiger partial charge in [0.25, 0.3) is 0 Å². The maximum Gasteiger partial charge on any atom is 0.0500 e. The minimum absolute atomic E-state index is 0.0882. The molecule has 0 spiro atoms. The minimum Gasteiger partial charge on any atom is -0.378 e. The fraction of sp³-hybridized carbons (Fsp3) is 0.625. The summed E-state index contributed by atoms with van der Waals surface area (Å²) in [6, 6.07) is 8.60. The molecular formula is C16H26N2. The molecule has 100 valence electrons. The predicted octanol–water partition coefficient (Wildman–Crippen LogP) is 3.56. The number of nitrogens with two attached hydrogens (primary N) is 1. The zero-order valence-electron chi connectivity index (χ0n) is 11.9. The molecule has 0 heterocycles. The van der Waals surface area contributed by atoms with Crippen molar-refractivity contribution in [1.82, 2.24) is 0 Å². The highest BCUT2D eigenvalue weighted by atomic mass is 15.0. The molecule has 2 atom stereocenters. The van der Waals surface area contributed by atoms with Crippen molar-refractivity contribution in [2.24, 2.45) is 17.6 Å². The Labute approximate surface area is 111 Å². The molecule has 0 radical (unpaired) electrons. The van der Waals surface area contributed by atoms with Crippen LogP contribution in [0.2, 0.25) is 0 Å². The largest absolute Gasteiger partial charge is 0.378 e. The van der Waals surface area contributed by atoms with E-state index in [-0.39, 0.29) is 5.54 Å². The number of nitrogens with one attached hydrogen (secondary N) is 1. The third-order valence-electron chi connectivity index (χ3n) is 4.10. The highest BCUT2D eigenvalue weighted by Crippen LogP contribution is 2.37. The van der Waals surface area contributed by atoms with Gasteiger partial charge in [-0.1, -0.05) is 26.0 Å². The second-order valence-electron chi connectivity index (χ2n) is 6.33. The molecule has 0 aromatic heterocycles. The van der Waals surface area contributed by atoms with Crippen LogP contribution in [0.3, 0.4) is 0 Å². The molecule has 1 aliphatic rings. The summed E-state index contributed by atoms with van der Waals surface area (Å²) in [4.78, 5) is 0. The van der Waals surface area contributed by atoms with E-state index in [0.29, 0.717) is 0 Å². The van der Waals surface area contributed by atoms with E-state index in [9.17, 15) is 0 Å². The van der Waals surface area contributed by atoms with Crippen molar-refractivity contribution in [3.05, 3.63) is 29.8 Å². The average molecular weight is 246 g/mol. The Balaban J connectivity index is 2.17. The monoisotopic (exact) mass is 246 g/mol. The standard InChI is InChI=1S/C16H26N2/c1-12-5-4-6-15(8-12)18-16(11-17)9-13(2)7-14(3)10-16/h4-6,8,13-14,18H,7,9-11,17H2,1-3H3. The van der Waals surface area contributed by atoms with Gasteiger partial charge < -0.3 is 11.1 Å². The molecule has 1 aliphatic carbocycles. The molecule has 2 heteroatoms. The van der Waals surface area contributed by atoms with Crippen LogP contribution < -0.4 is 11.1 Å². The van der Waals surface area contributed by atoms with Gasteiger partial charge in [0, 0.05) is 12.2 Å². The molecule has 1 saturated carbocycles. The first-order chi connectivity index (χ1) is 8.53. The number of benzene rings is 1. The molecule has 1 aromatic carbocycles. The molecule has 2 unspecified atom stereocenters. The zero-order valence-corrected chi connectivity index (χ0v) is 11.9. The van der Waals surface area contributed by atoms with Crippen LogP contribution in [0.1, 0.15) is 38.7 Å². The van der Waals surface area contributed by atoms with Gasteiger partial charge in [-0.25, -0.2) is 0 Å². The molecule has 2 nitrogen and oxygen atoms in total. The van der Waals surface area contributed by atoms with E-state index in [0.717, 1.165) is 18.4 Å². The molecule has 0 amide bonds. The molecule has 0 aliphatic heterocycles. The number of hydrogen-bond donors (Lipinski definition) is 2. The molecule has 1 aromatic rings. The van der Waals surface area contributed by atoms with E-state index in [4.69, 9.17) is 5.73 Å². The van der Waals surface area contributed by atoms with Crippen molar-refractivity contribution in [3.8, 4) is 0 Å². The predicted molar refractivity (Wildman–Crippen MR) is 78.8 cm³/mol. The average Bonchev–Trinajstić information content (AvgIpc) is 2.27. The van der Waals surface area contributed by atoms with Crippen molar-refractivity contribution in [3.63, 3.8) is 0 Å². The number of rotatable bonds is 3. The van der Waals surface area contributed by atoms with Crippen LogP contribution in [0.5, 0.6) is 0 Å². The normalized spacial score (nSPS) is 32.2. The molecule has 2 rings (SSSR count). The molecule has 1 fully saturated rings. The Kier molecular flexibility index (Phi) is 3.96. The summed E-state index contributed by atoms with van der Waals surface area (Å²) in [6.45, 7) is 7.54. The van der Waals surface area contributed by atoms with Crippen LogP contribution in [0.15, 0.2) is 24.3 Å². The van der Waals surface area contributed by atoms with Gasteiger partial charge in [-0.05, 0) is 55.7 Å². The van der Waals surface area contributed by atoms with Gasteiger partial charge in [0.2, 0.25) is 0 Å². The Morgan fingerprint density at radius 2 is 1.94 bits per heavy atom. The van der Waals surface area contributed by atoms with Crippen molar-refractivity contribution in [1.29, 1.82) is 0 Å². The quantitative estimate of drug-likeness (QED) is 0.856. The summed E-state index contributed by atoms with van der Waals surface area (Å²) in [5.74, 6) is 1.52. The summed E-state index contributed by atoms with van der Waals surface area (Å²) in [7, 11) is 0. The Bertz CT molecular complexity index is 390. The van der Waals surface area contributed by atoms with E-state index in [1.807, 2.05) is 0 Å². The van der Waals surface area contributed by atoms with Gasteiger partial charge in [-0.2, -0.15) is 0 Å². The lowest BCUT2D eigenvalue weighted by atomic mass is 9.71. The highest BCUT2D eigenvalue weighted by molar-refractivity contribution is 5.48. The second-order valence-corrected chi connectivity index (χ2v) is 6.33. The van der Waals surface area contributed by atoms with E-state index >= 15 is 0 Å². The smallest absolute Gasteiger partial charge is 0.0500 e. The number of aryl methyl sites for hydroxylation is 1. The van der Waals surface area contributed by atoms with Gasteiger partial charge in [-0.15, -0.1) is 0 Å². The van der Waals surface area contributed by atoms with E-state index in [1.54, 1.807) is 0 Å². The van der Waals surface area contributed by atoms with Crippen molar-refractivity contribution < 1.29 is 0 Å². The number of anilines is 1. The summed E-state index contributed by atoms with van der Waals surface area (Å²) >= 11 is 0. The SMILES string of the molecule is Cc1cccc(NC2(CN)CC(C)CC(C)C2)c1. The van der Waals surface area contributed by atoms with Gasteiger partial charge in [-0.3, -0.25) is 0 Å². The zero-order chi connectivity index (χ0) is 13.2. The maximum absolute atomic E-state index is 6.09. The number of hydrogen-bond acceptors (Lipinski definition) is 2. The van der Waals surface area contributed by atoms with E-state index in [2.05, 4.69) is 50.4 Å². The molecule has 0 saturated heterocycles.